The third-order valence-electron chi connectivity index (χ3n) is 3.41. The molecular weight excluding hydrogens is 321 g/mol. The van der Waals surface area contributed by atoms with Crippen molar-refractivity contribution in [2.24, 2.45) is 5.92 Å². The molecule has 2 rings (SSSR count). The van der Waals surface area contributed by atoms with Crippen molar-refractivity contribution in [2.75, 3.05) is 11.9 Å². The molecule has 1 aromatic carbocycles. The molecule has 1 aliphatic heterocycles. The number of carbonyl (C=O) groups is 1. The second-order valence-corrected chi connectivity index (χ2v) is 5.08. The molecule has 1 aromatic rings. The first kappa shape index (κ1) is 18.6. The molecule has 0 aromatic heterocycles. The largest absolute Gasteiger partial charge is 0.432 e. The van der Waals surface area contributed by atoms with E-state index in [0.717, 1.165) is 18.7 Å². The molecule has 1 fully saturated rings. The summed E-state index contributed by atoms with van der Waals surface area (Å²) in [5.74, 6) is -1.56. The molecule has 2 atom stereocenters. The van der Waals surface area contributed by atoms with Crippen LogP contribution in [0, 0.1) is 11.7 Å². The Morgan fingerprint density at radius 1 is 1.45 bits per heavy atom. The van der Waals surface area contributed by atoms with Gasteiger partial charge in [0.1, 0.15) is 5.82 Å². The van der Waals surface area contributed by atoms with Gasteiger partial charge in [-0.25, -0.2) is 4.39 Å². The predicted molar refractivity (Wildman–Crippen MR) is 79.1 cm³/mol. The number of ether oxygens (including phenoxy) is 1. The SMILES string of the molecule is C[C@H]1C[C@@H](C(=O)Nc2ccc(F)cc2OC(F)F)CCN1.Cl. The Hall–Kier alpha value is -1.47. The van der Waals surface area contributed by atoms with Gasteiger partial charge in [-0.3, -0.25) is 4.79 Å². The van der Waals surface area contributed by atoms with E-state index >= 15 is 0 Å². The monoisotopic (exact) mass is 338 g/mol. The summed E-state index contributed by atoms with van der Waals surface area (Å²) in [6.07, 6.45) is 1.33. The van der Waals surface area contributed by atoms with Gasteiger partial charge < -0.3 is 15.4 Å². The van der Waals surface area contributed by atoms with Crippen LogP contribution in [0.1, 0.15) is 19.8 Å². The Kier molecular flexibility index (Phi) is 6.96. The van der Waals surface area contributed by atoms with E-state index in [2.05, 4.69) is 15.4 Å². The van der Waals surface area contributed by atoms with Crippen molar-refractivity contribution >= 4 is 24.0 Å². The van der Waals surface area contributed by atoms with Crippen molar-refractivity contribution in [3.05, 3.63) is 24.0 Å². The van der Waals surface area contributed by atoms with Gasteiger partial charge in [0.2, 0.25) is 5.91 Å². The molecule has 0 saturated carbocycles. The van der Waals surface area contributed by atoms with Crippen LogP contribution in [0.4, 0.5) is 18.9 Å². The van der Waals surface area contributed by atoms with Gasteiger partial charge in [-0.05, 0) is 38.4 Å². The van der Waals surface area contributed by atoms with E-state index in [-0.39, 0.29) is 41.7 Å². The smallest absolute Gasteiger partial charge is 0.387 e. The zero-order chi connectivity index (χ0) is 15.4. The number of piperidine rings is 1. The molecule has 0 aliphatic carbocycles. The van der Waals surface area contributed by atoms with Crippen molar-refractivity contribution < 1.29 is 22.7 Å². The van der Waals surface area contributed by atoms with Gasteiger partial charge in [0.15, 0.2) is 5.75 Å². The van der Waals surface area contributed by atoms with E-state index in [0.29, 0.717) is 12.8 Å². The molecule has 4 nitrogen and oxygen atoms in total. The maximum absolute atomic E-state index is 13.1. The van der Waals surface area contributed by atoms with Crippen molar-refractivity contribution in [1.82, 2.24) is 5.32 Å². The first-order chi connectivity index (χ1) is 9.95. The van der Waals surface area contributed by atoms with E-state index in [4.69, 9.17) is 0 Å². The minimum absolute atomic E-state index is 0. The number of rotatable bonds is 4. The number of benzene rings is 1. The lowest BCUT2D eigenvalue weighted by Crippen LogP contribution is -2.40. The zero-order valence-electron chi connectivity index (χ0n) is 11.9. The maximum Gasteiger partial charge on any atom is 0.387 e. The summed E-state index contributed by atoms with van der Waals surface area (Å²) in [6, 6.07) is 3.35. The lowest BCUT2D eigenvalue weighted by Gasteiger charge is -2.27. The van der Waals surface area contributed by atoms with E-state index < -0.39 is 12.4 Å². The van der Waals surface area contributed by atoms with Gasteiger partial charge in [-0.1, -0.05) is 0 Å². The number of nitrogens with one attached hydrogen (secondary N) is 2. The standard InChI is InChI=1S/C14H17F3N2O2.ClH/c1-8-6-9(4-5-18-8)13(20)19-11-3-2-10(15)7-12(11)21-14(16)17;/h2-3,7-9,14,18H,4-6H2,1H3,(H,19,20);1H/t8-,9-;/m0./s1. The number of hydrogen-bond acceptors (Lipinski definition) is 3. The van der Waals surface area contributed by atoms with Crippen LogP contribution in [0.25, 0.3) is 0 Å². The summed E-state index contributed by atoms with van der Waals surface area (Å²) in [6.45, 7) is -0.382. The van der Waals surface area contributed by atoms with Crippen LogP contribution in [-0.4, -0.2) is 25.1 Å². The maximum atomic E-state index is 13.1. The van der Waals surface area contributed by atoms with Gasteiger partial charge in [-0.15, -0.1) is 12.4 Å². The van der Waals surface area contributed by atoms with Crippen LogP contribution < -0.4 is 15.4 Å². The number of hydrogen-bond donors (Lipinski definition) is 2. The van der Waals surface area contributed by atoms with Crippen LogP contribution in [-0.2, 0) is 4.79 Å². The topological polar surface area (TPSA) is 50.4 Å². The average Bonchev–Trinajstić information content (AvgIpc) is 2.41. The Labute approximate surface area is 132 Å². The van der Waals surface area contributed by atoms with Gasteiger partial charge in [0.25, 0.3) is 0 Å². The highest BCUT2D eigenvalue weighted by Crippen LogP contribution is 2.28. The number of carbonyl (C=O) groups excluding carboxylic acids is 1. The molecule has 8 heteroatoms. The van der Waals surface area contributed by atoms with Crippen molar-refractivity contribution in [3.63, 3.8) is 0 Å². The molecule has 1 amide bonds. The summed E-state index contributed by atoms with van der Waals surface area (Å²) < 4.78 is 41.9. The van der Waals surface area contributed by atoms with Gasteiger partial charge in [0, 0.05) is 18.0 Å². The number of halogens is 4. The highest BCUT2D eigenvalue weighted by atomic mass is 35.5. The minimum Gasteiger partial charge on any atom is -0.432 e. The highest BCUT2D eigenvalue weighted by Gasteiger charge is 2.25. The highest BCUT2D eigenvalue weighted by molar-refractivity contribution is 5.94. The predicted octanol–water partition coefficient (Wildman–Crippen LogP) is 3.18. The normalized spacial score (nSPS) is 21.1. The van der Waals surface area contributed by atoms with E-state index in [1.807, 2.05) is 6.92 Å². The number of alkyl halides is 2. The summed E-state index contributed by atoms with van der Waals surface area (Å²) >= 11 is 0. The van der Waals surface area contributed by atoms with Crippen LogP contribution in [0.15, 0.2) is 18.2 Å². The summed E-state index contributed by atoms with van der Waals surface area (Å²) in [4.78, 5) is 12.2. The average molecular weight is 339 g/mol. The van der Waals surface area contributed by atoms with Crippen molar-refractivity contribution in [1.29, 1.82) is 0 Å². The molecule has 0 radical (unpaired) electrons. The fourth-order valence-corrected chi connectivity index (χ4v) is 2.40. The second kappa shape index (κ2) is 8.24. The number of anilines is 1. The fraction of sp³-hybridized carbons (Fsp3) is 0.500. The van der Waals surface area contributed by atoms with Gasteiger partial charge >= 0.3 is 6.61 Å². The third kappa shape index (κ3) is 5.06. The molecule has 22 heavy (non-hydrogen) atoms. The van der Waals surface area contributed by atoms with Crippen molar-refractivity contribution in [3.8, 4) is 5.75 Å². The first-order valence-electron chi connectivity index (χ1n) is 6.74. The van der Waals surface area contributed by atoms with E-state index in [9.17, 15) is 18.0 Å². The molecule has 2 N–H and O–H groups in total. The Morgan fingerprint density at radius 2 is 2.18 bits per heavy atom. The molecular formula is C14H18ClF3N2O2. The lowest BCUT2D eigenvalue weighted by molar-refractivity contribution is -0.121. The molecule has 124 valence electrons. The van der Waals surface area contributed by atoms with Crippen molar-refractivity contribution in [2.45, 2.75) is 32.4 Å². The summed E-state index contributed by atoms with van der Waals surface area (Å²) in [7, 11) is 0. The quantitative estimate of drug-likeness (QED) is 0.886. The third-order valence-corrected chi connectivity index (χ3v) is 3.41. The lowest BCUT2D eigenvalue weighted by atomic mass is 9.92. The summed E-state index contributed by atoms with van der Waals surface area (Å²) in [5.41, 5.74) is 0.0490. The Morgan fingerprint density at radius 3 is 2.82 bits per heavy atom. The molecule has 0 spiro atoms. The van der Waals surface area contributed by atoms with Crippen LogP contribution in [0.3, 0.4) is 0 Å². The number of amides is 1. The fourth-order valence-electron chi connectivity index (χ4n) is 2.40. The van der Waals surface area contributed by atoms with E-state index in [1.165, 1.54) is 6.07 Å². The molecule has 0 bridgehead atoms. The molecule has 0 unspecified atom stereocenters. The molecule has 1 aliphatic rings. The Bertz CT molecular complexity index is 517. The zero-order valence-corrected chi connectivity index (χ0v) is 12.8. The van der Waals surface area contributed by atoms with Crippen LogP contribution in [0.5, 0.6) is 5.75 Å². The Balaban J connectivity index is 0.00000242. The summed E-state index contributed by atoms with van der Waals surface area (Å²) in [5, 5.41) is 5.76. The van der Waals surface area contributed by atoms with Gasteiger partial charge in [-0.2, -0.15) is 8.78 Å². The van der Waals surface area contributed by atoms with Crippen LogP contribution >= 0.6 is 12.4 Å². The van der Waals surface area contributed by atoms with Crippen LogP contribution in [0.2, 0.25) is 0 Å². The molecule has 1 heterocycles. The second-order valence-electron chi connectivity index (χ2n) is 5.08. The minimum atomic E-state index is -3.08. The molecule has 1 saturated heterocycles. The van der Waals surface area contributed by atoms with Gasteiger partial charge in [0.05, 0.1) is 5.69 Å². The van der Waals surface area contributed by atoms with E-state index in [1.54, 1.807) is 0 Å². The first-order valence-corrected chi connectivity index (χ1v) is 6.74.